The number of likely N-dealkylation sites (N-methyl/N-ethyl adjacent to an activating group) is 1. The molecular weight excluding hydrogens is 218 g/mol. The zero-order valence-electron chi connectivity index (χ0n) is 7.93. The van der Waals surface area contributed by atoms with Crippen molar-refractivity contribution < 1.29 is 9.59 Å². The number of nitrogens with zero attached hydrogens (tertiary/aromatic N) is 3. The van der Waals surface area contributed by atoms with Gasteiger partial charge in [0.15, 0.2) is 4.77 Å². The monoisotopic (exact) mass is 227 g/mol. The third-order valence-corrected chi connectivity index (χ3v) is 2.69. The number of likely N-dealkylation sites (tertiary alicyclic amines) is 1. The summed E-state index contributed by atoms with van der Waals surface area (Å²) in [6, 6.07) is -0.659. The summed E-state index contributed by atoms with van der Waals surface area (Å²) in [7, 11) is 1.44. The van der Waals surface area contributed by atoms with E-state index in [1.165, 1.54) is 11.6 Å². The number of imide groups is 1. The molecule has 0 spiro atoms. The molecule has 2 heterocycles. The average molecular weight is 227 g/mol. The van der Waals surface area contributed by atoms with E-state index in [-0.39, 0.29) is 29.0 Å². The molecule has 2 rings (SSSR count). The Hall–Kier alpha value is -1.70. The number of aromatic nitrogens is 3. The number of anilines is 1. The van der Waals surface area contributed by atoms with Gasteiger partial charge in [-0.25, -0.2) is 5.10 Å². The molecule has 0 saturated carbocycles. The van der Waals surface area contributed by atoms with Crippen molar-refractivity contribution in [1.29, 1.82) is 0 Å². The molecule has 1 aliphatic rings. The van der Waals surface area contributed by atoms with Gasteiger partial charge in [0.2, 0.25) is 11.9 Å². The smallest absolute Gasteiger partial charge is 0.252 e. The van der Waals surface area contributed by atoms with Crippen molar-refractivity contribution in [2.24, 2.45) is 0 Å². The van der Waals surface area contributed by atoms with Gasteiger partial charge in [-0.1, -0.05) is 0 Å². The molecule has 1 aliphatic heterocycles. The zero-order valence-corrected chi connectivity index (χ0v) is 8.74. The molecule has 1 atom stereocenters. The fraction of sp³-hybridized carbons (Fsp3) is 0.429. The zero-order chi connectivity index (χ0) is 11.2. The fourth-order valence-electron chi connectivity index (χ4n) is 1.56. The summed E-state index contributed by atoms with van der Waals surface area (Å²) in [5.74, 6) is -0.446. The lowest BCUT2D eigenvalue weighted by Gasteiger charge is -2.10. The molecule has 1 fully saturated rings. The molecule has 0 aromatic carbocycles. The van der Waals surface area contributed by atoms with Crippen molar-refractivity contribution in [2.75, 3.05) is 12.8 Å². The quantitative estimate of drug-likeness (QED) is 0.495. The number of carbonyl (C=O) groups excluding carboxylic acids is 2. The molecule has 1 aromatic heterocycles. The number of nitrogens with two attached hydrogens (primary N) is 1. The van der Waals surface area contributed by atoms with E-state index in [4.69, 9.17) is 18.0 Å². The Morgan fingerprint density at radius 1 is 1.60 bits per heavy atom. The van der Waals surface area contributed by atoms with Crippen molar-refractivity contribution in [3.63, 3.8) is 0 Å². The Morgan fingerprint density at radius 3 is 2.67 bits per heavy atom. The molecule has 15 heavy (non-hydrogen) atoms. The van der Waals surface area contributed by atoms with Crippen LogP contribution in [0.5, 0.6) is 0 Å². The second-order valence-electron chi connectivity index (χ2n) is 3.27. The summed E-state index contributed by atoms with van der Waals surface area (Å²) in [5.41, 5.74) is 5.55. The lowest BCUT2D eigenvalue weighted by molar-refractivity contribution is -0.137. The van der Waals surface area contributed by atoms with E-state index in [9.17, 15) is 9.59 Å². The summed E-state index contributed by atoms with van der Waals surface area (Å²) >= 11 is 4.92. The summed E-state index contributed by atoms with van der Waals surface area (Å²) in [5, 5.41) is 6.16. The minimum Gasteiger partial charge on any atom is -0.368 e. The van der Waals surface area contributed by atoms with Crippen LogP contribution in [-0.2, 0) is 9.59 Å². The number of H-pyrrole nitrogens is 1. The van der Waals surface area contributed by atoms with Crippen LogP contribution in [-0.4, -0.2) is 38.5 Å². The van der Waals surface area contributed by atoms with Crippen molar-refractivity contribution in [3.05, 3.63) is 4.77 Å². The van der Waals surface area contributed by atoms with Crippen LogP contribution in [0.4, 0.5) is 5.95 Å². The van der Waals surface area contributed by atoms with Crippen LogP contribution in [0.2, 0.25) is 0 Å². The van der Waals surface area contributed by atoms with Crippen LogP contribution in [0.15, 0.2) is 0 Å². The van der Waals surface area contributed by atoms with Gasteiger partial charge in [-0.2, -0.15) is 0 Å². The highest BCUT2D eigenvalue weighted by molar-refractivity contribution is 7.71. The number of carbonyl (C=O) groups is 2. The van der Waals surface area contributed by atoms with E-state index in [0.717, 1.165) is 4.90 Å². The Kier molecular flexibility index (Phi) is 2.07. The van der Waals surface area contributed by atoms with Crippen molar-refractivity contribution in [2.45, 2.75) is 12.5 Å². The third-order valence-electron chi connectivity index (χ3n) is 2.40. The normalized spacial score (nSPS) is 21.4. The molecule has 1 aromatic rings. The minimum atomic E-state index is -0.659. The summed E-state index contributed by atoms with van der Waals surface area (Å²) in [4.78, 5) is 24.0. The number of aromatic amines is 1. The first-order valence-electron chi connectivity index (χ1n) is 4.25. The van der Waals surface area contributed by atoms with Crippen molar-refractivity contribution in [3.8, 4) is 0 Å². The first-order valence-corrected chi connectivity index (χ1v) is 4.66. The molecule has 80 valence electrons. The number of nitrogens with one attached hydrogen (secondary N) is 1. The third kappa shape index (κ3) is 1.33. The predicted molar refractivity (Wildman–Crippen MR) is 53.3 cm³/mol. The number of rotatable bonds is 1. The predicted octanol–water partition coefficient (Wildman–Crippen LogP) is -0.547. The topological polar surface area (TPSA) is 97.0 Å². The van der Waals surface area contributed by atoms with Crippen molar-refractivity contribution in [1.82, 2.24) is 19.7 Å². The van der Waals surface area contributed by atoms with Gasteiger partial charge in [-0.05, 0) is 12.2 Å². The van der Waals surface area contributed by atoms with E-state index in [1.807, 2.05) is 0 Å². The second-order valence-corrected chi connectivity index (χ2v) is 3.65. The van der Waals surface area contributed by atoms with Gasteiger partial charge in [-0.3, -0.25) is 19.1 Å². The Labute approximate surface area is 89.9 Å². The molecule has 2 amide bonds. The maximum atomic E-state index is 11.7. The molecule has 0 bridgehead atoms. The Balaban J connectivity index is 2.46. The summed E-state index contributed by atoms with van der Waals surface area (Å²) < 4.78 is 1.60. The van der Waals surface area contributed by atoms with Gasteiger partial charge in [-0.15, -0.1) is 5.10 Å². The molecule has 3 N–H and O–H groups in total. The molecule has 0 aliphatic carbocycles. The van der Waals surface area contributed by atoms with Gasteiger partial charge in [0.25, 0.3) is 5.91 Å². The molecule has 8 heteroatoms. The molecular formula is C7H9N5O2S. The number of nitrogen functional groups attached to an aromatic ring is 1. The first kappa shape index (κ1) is 9.84. The lowest BCUT2D eigenvalue weighted by Crippen LogP contribution is -2.27. The lowest BCUT2D eigenvalue weighted by atomic mass is 10.2. The van der Waals surface area contributed by atoms with Crippen LogP contribution in [0, 0.1) is 4.77 Å². The number of hydrogen-bond donors (Lipinski definition) is 2. The highest BCUT2D eigenvalue weighted by Crippen LogP contribution is 2.25. The summed E-state index contributed by atoms with van der Waals surface area (Å²) in [6.45, 7) is 0. The maximum absolute atomic E-state index is 11.7. The van der Waals surface area contributed by atoms with E-state index >= 15 is 0 Å². The largest absolute Gasteiger partial charge is 0.368 e. The second kappa shape index (κ2) is 3.16. The van der Waals surface area contributed by atoms with Crippen LogP contribution < -0.4 is 5.73 Å². The van der Waals surface area contributed by atoms with E-state index in [0.29, 0.717) is 0 Å². The van der Waals surface area contributed by atoms with Crippen LogP contribution in [0.1, 0.15) is 12.5 Å². The van der Waals surface area contributed by atoms with Gasteiger partial charge in [0, 0.05) is 7.05 Å². The van der Waals surface area contributed by atoms with Crippen molar-refractivity contribution >= 4 is 30.0 Å². The van der Waals surface area contributed by atoms with Gasteiger partial charge in [0.05, 0.1) is 6.42 Å². The van der Waals surface area contributed by atoms with E-state index < -0.39 is 6.04 Å². The SMILES string of the molecule is CN1C(=O)CC(n2c(N)n[nH]c2=S)C1=O. The molecule has 1 unspecified atom stereocenters. The van der Waals surface area contributed by atoms with E-state index in [1.54, 1.807) is 0 Å². The Morgan fingerprint density at radius 2 is 2.27 bits per heavy atom. The number of amides is 2. The van der Waals surface area contributed by atoms with Gasteiger partial charge < -0.3 is 5.73 Å². The molecule has 7 nitrogen and oxygen atoms in total. The number of hydrogen-bond acceptors (Lipinski definition) is 5. The molecule has 1 saturated heterocycles. The molecule has 0 radical (unpaired) electrons. The van der Waals surface area contributed by atoms with Crippen LogP contribution >= 0.6 is 12.2 Å². The van der Waals surface area contributed by atoms with E-state index in [2.05, 4.69) is 10.2 Å². The van der Waals surface area contributed by atoms with Crippen LogP contribution in [0.3, 0.4) is 0 Å². The first-order chi connectivity index (χ1) is 7.02. The van der Waals surface area contributed by atoms with Gasteiger partial charge in [0.1, 0.15) is 6.04 Å². The Bertz CT molecular complexity index is 490. The fourth-order valence-corrected chi connectivity index (χ4v) is 1.82. The summed E-state index contributed by atoms with van der Waals surface area (Å²) in [6.07, 6.45) is 0.0768. The minimum absolute atomic E-state index is 0.0768. The average Bonchev–Trinajstić information content (AvgIpc) is 2.63. The maximum Gasteiger partial charge on any atom is 0.252 e. The highest BCUT2D eigenvalue weighted by atomic mass is 32.1. The standard InChI is InChI=1S/C7H9N5O2S/c1-11-4(13)2-3(5(11)14)12-6(8)9-10-7(12)15/h3H,2H2,1H3,(H2,8,9)(H,10,15). The van der Waals surface area contributed by atoms with Gasteiger partial charge >= 0.3 is 0 Å². The van der Waals surface area contributed by atoms with Crippen LogP contribution in [0.25, 0.3) is 0 Å². The highest BCUT2D eigenvalue weighted by Gasteiger charge is 2.38.